The summed E-state index contributed by atoms with van der Waals surface area (Å²) >= 11 is 0. The van der Waals surface area contributed by atoms with Crippen LogP contribution in [0.15, 0.2) is 53.5 Å². The highest BCUT2D eigenvalue weighted by Gasteiger charge is 2.55. The maximum Gasteiger partial charge on any atom is 0.325 e. The molecule has 0 unspecified atom stereocenters. The minimum atomic E-state index is -1.00. The summed E-state index contributed by atoms with van der Waals surface area (Å²) in [7, 11) is 0. The molecule has 0 bridgehead atoms. The number of aryl methyl sites for hydroxylation is 2. The zero-order valence-corrected chi connectivity index (χ0v) is 15.3. The van der Waals surface area contributed by atoms with Crippen LogP contribution in [-0.4, -0.2) is 26.2 Å². The second-order valence-electron chi connectivity index (χ2n) is 7.40. The number of hydrogen-bond donors (Lipinski definition) is 1. The zero-order chi connectivity index (χ0) is 19.5. The molecule has 2 aliphatic rings. The van der Waals surface area contributed by atoms with Gasteiger partial charge in [-0.3, -0.25) is 18.9 Å². The molecule has 1 N–H and O–H groups in total. The summed E-state index contributed by atoms with van der Waals surface area (Å²) in [5.74, 6) is -0.284. The van der Waals surface area contributed by atoms with E-state index in [-0.39, 0.29) is 18.0 Å². The van der Waals surface area contributed by atoms with Crippen molar-refractivity contribution in [2.24, 2.45) is 0 Å². The molecule has 7 heteroatoms. The number of nitrogens with one attached hydrogen (secondary N) is 1. The van der Waals surface area contributed by atoms with Gasteiger partial charge in [-0.1, -0.05) is 24.3 Å². The molecule has 2 aromatic heterocycles. The number of benzene rings is 1. The summed E-state index contributed by atoms with van der Waals surface area (Å²) in [6, 6.07) is 12.2. The number of rotatable bonds is 2. The van der Waals surface area contributed by atoms with Crippen molar-refractivity contribution >= 4 is 17.6 Å². The normalized spacial score (nSPS) is 20.8. The number of urea groups is 1. The third kappa shape index (κ3) is 2.29. The maximum absolute atomic E-state index is 13.2. The summed E-state index contributed by atoms with van der Waals surface area (Å²) in [6.45, 7) is 1.88. The van der Waals surface area contributed by atoms with E-state index in [0.717, 1.165) is 28.0 Å². The summed E-state index contributed by atoms with van der Waals surface area (Å²) in [4.78, 5) is 43.9. The Morgan fingerprint density at radius 2 is 1.96 bits per heavy atom. The molecule has 0 saturated carbocycles. The molecule has 1 spiro atoms. The molecule has 1 aliphatic heterocycles. The second-order valence-corrected chi connectivity index (χ2v) is 7.40. The van der Waals surface area contributed by atoms with Crippen molar-refractivity contribution in [3.8, 4) is 0 Å². The first-order valence-electron chi connectivity index (χ1n) is 9.19. The zero-order valence-electron chi connectivity index (χ0n) is 15.3. The van der Waals surface area contributed by atoms with Crippen LogP contribution >= 0.6 is 0 Å². The smallest absolute Gasteiger partial charge is 0.319 e. The summed E-state index contributed by atoms with van der Waals surface area (Å²) in [5.41, 5.74) is 2.55. The highest BCUT2D eigenvalue weighted by molar-refractivity contribution is 6.08. The van der Waals surface area contributed by atoms with Gasteiger partial charge in [0.1, 0.15) is 11.2 Å². The lowest BCUT2D eigenvalue weighted by Gasteiger charge is -2.22. The summed E-state index contributed by atoms with van der Waals surface area (Å²) in [6.07, 6.45) is 2.95. The van der Waals surface area contributed by atoms with E-state index in [2.05, 4.69) is 10.3 Å². The number of imide groups is 1. The van der Waals surface area contributed by atoms with Crippen LogP contribution in [0.25, 0.3) is 5.65 Å². The minimum Gasteiger partial charge on any atom is -0.319 e. The van der Waals surface area contributed by atoms with Gasteiger partial charge in [-0.15, -0.1) is 0 Å². The lowest BCUT2D eigenvalue weighted by atomic mass is 9.92. The number of hydrogen-bond acceptors (Lipinski definition) is 4. The van der Waals surface area contributed by atoms with Crippen LogP contribution in [0.4, 0.5) is 4.79 Å². The monoisotopic (exact) mass is 374 g/mol. The standard InChI is InChI=1S/C21H18N4O3/c1-13-7-9-24-17(10-13)22-15(11-18(24)26)12-25-19(27)21(23-20(25)28)8-6-14-4-2-3-5-16(14)21/h2-5,7,9-11H,6,8,12H2,1H3,(H,23,28)/t21-/m0/s1. The van der Waals surface area contributed by atoms with Crippen molar-refractivity contribution in [1.82, 2.24) is 19.6 Å². The van der Waals surface area contributed by atoms with E-state index < -0.39 is 11.6 Å². The third-order valence-electron chi connectivity index (χ3n) is 5.62. The summed E-state index contributed by atoms with van der Waals surface area (Å²) < 4.78 is 1.44. The fraction of sp³-hybridized carbons (Fsp3) is 0.238. The number of nitrogens with zero attached hydrogens (tertiary/aromatic N) is 3. The van der Waals surface area contributed by atoms with E-state index in [4.69, 9.17) is 0 Å². The first kappa shape index (κ1) is 16.7. The fourth-order valence-corrected chi connectivity index (χ4v) is 4.23. The predicted octanol–water partition coefficient (Wildman–Crippen LogP) is 1.90. The Balaban J connectivity index is 1.52. The molecule has 3 aromatic rings. The molecule has 3 heterocycles. The van der Waals surface area contributed by atoms with Gasteiger partial charge >= 0.3 is 6.03 Å². The number of amides is 3. The SMILES string of the molecule is Cc1ccn2c(=O)cc(CN3C(=O)N[C@]4(CCc5ccccc54)C3=O)nc2c1. The van der Waals surface area contributed by atoms with Crippen molar-refractivity contribution in [3.05, 3.63) is 81.4 Å². The average molecular weight is 374 g/mol. The van der Waals surface area contributed by atoms with Gasteiger partial charge in [-0.25, -0.2) is 9.78 Å². The van der Waals surface area contributed by atoms with E-state index in [1.807, 2.05) is 37.3 Å². The van der Waals surface area contributed by atoms with Crippen LogP contribution in [-0.2, 0) is 23.3 Å². The van der Waals surface area contributed by atoms with E-state index in [1.54, 1.807) is 12.3 Å². The van der Waals surface area contributed by atoms with Gasteiger partial charge in [0, 0.05) is 12.3 Å². The van der Waals surface area contributed by atoms with Crippen LogP contribution in [0.1, 0.15) is 28.8 Å². The number of fused-ring (bicyclic) bond motifs is 3. The van der Waals surface area contributed by atoms with Gasteiger partial charge in [0.25, 0.3) is 11.5 Å². The Kier molecular flexibility index (Phi) is 3.43. The fourth-order valence-electron chi connectivity index (χ4n) is 4.23. The van der Waals surface area contributed by atoms with Crippen LogP contribution in [0.5, 0.6) is 0 Å². The maximum atomic E-state index is 13.2. The molecule has 28 heavy (non-hydrogen) atoms. The molecule has 1 fully saturated rings. The van der Waals surface area contributed by atoms with Gasteiger partial charge in [-0.2, -0.15) is 0 Å². The van der Waals surface area contributed by atoms with Crippen LogP contribution in [0.2, 0.25) is 0 Å². The Hall–Kier alpha value is -3.48. The minimum absolute atomic E-state index is 0.0335. The molecule has 7 nitrogen and oxygen atoms in total. The molecule has 1 saturated heterocycles. The van der Waals surface area contributed by atoms with Crippen molar-refractivity contribution in [1.29, 1.82) is 0 Å². The molecule has 140 valence electrons. The topological polar surface area (TPSA) is 83.8 Å². The Morgan fingerprint density at radius 3 is 2.82 bits per heavy atom. The molecule has 3 amide bonds. The van der Waals surface area contributed by atoms with Crippen LogP contribution in [0.3, 0.4) is 0 Å². The van der Waals surface area contributed by atoms with E-state index in [0.29, 0.717) is 17.8 Å². The summed E-state index contributed by atoms with van der Waals surface area (Å²) in [5, 5.41) is 2.89. The molecule has 0 radical (unpaired) electrons. The van der Waals surface area contributed by atoms with Gasteiger partial charge in [0.15, 0.2) is 0 Å². The van der Waals surface area contributed by atoms with Crippen molar-refractivity contribution in [2.45, 2.75) is 31.8 Å². The van der Waals surface area contributed by atoms with Gasteiger partial charge in [0.05, 0.1) is 12.2 Å². The van der Waals surface area contributed by atoms with Crippen molar-refractivity contribution in [3.63, 3.8) is 0 Å². The predicted molar refractivity (Wildman–Crippen MR) is 102 cm³/mol. The van der Waals surface area contributed by atoms with Crippen LogP contribution in [0, 0.1) is 6.92 Å². The van der Waals surface area contributed by atoms with Crippen molar-refractivity contribution in [2.75, 3.05) is 0 Å². The average Bonchev–Trinajstić information content (AvgIpc) is 3.15. The van der Waals surface area contributed by atoms with E-state index >= 15 is 0 Å². The quantitative estimate of drug-likeness (QED) is 0.695. The molecule has 1 atom stereocenters. The largest absolute Gasteiger partial charge is 0.325 e. The third-order valence-corrected chi connectivity index (χ3v) is 5.62. The molecular weight excluding hydrogens is 356 g/mol. The molecule has 1 aromatic carbocycles. The lowest BCUT2D eigenvalue weighted by molar-refractivity contribution is -0.132. The van der Waals surface area contributed by atoms with Crippen molar-refractivity contribution < 1.29 is 9.59 Å². The van der Waals surface area contributed by atoms with E-state index in [9.17, 15) is 14.4 Å². The number of pyridine rings is 1. The molecule has 1 aliphatic carbocycles. The van der Waals surface area contributed by atoms with Gasteiger partial charge < -0.3 is 5.32 Å². The van der Waals surface area contributed by atoms with Gasteiger partial charge in [0.2, 0.25) is 0 Å². The first-order chi connectivity index (χ1) is 13.5. The molecular formula is C21H18N4O3. The Labute approximate surface area is 160 Å². The van der Waals surface area contributed by atoms with E-state index in [1.165, 1.54) is 10.5 Å². The van der Waals surface area contributed by atoms with Gasteiger partial charge in [-0.05, 0) is 48.6 Å². The lowest BCUT2D eigenvalue weighted by Crippen LogP contribution is -2.41. The second kappa shape index (κ2) is 5.76. The number of carbonyl (C=O) groups excluding carboxylic acids is 2. The highest BCUT2D eigenvalue weighted by Crippen LogP contribution is 2.41. The number of carbonyl (C=O) groups is 2. The number of aromatic nitrogens is 2. The molecule has 5 rings (SSSR count). The Morgan fingerprint density at radius 1 is 1.14 bits per heavy atom. The highest BCUT2D eigenvalue weighted by atomic mass is 16.2. The first-order valence-corrected chi connectivity index (χ1v) is 9.19. The van der Waals surface area contributed by atoms with Crippen LogP contribution < -0.4 is 10.9 Å². The Bertz CT molecular complexity index is 1220.